The lowest BCUT2D eigenvalue weighted by Crippen LogP contribution is -2.44. The third-order valence-electron chi connectivity index (χ3n) is 5.74. The smallest absolute Gasteiger partial charge is 0.327 e. The van der Waals surface area contributed by atoms with Crippen molar-refractivity contribution >= 4 is 32.7 Å². The number of hydrogen-bond donors (Lipinski definition) is 1. The number of nitrogens with zero attached hydrogens (tertiary/aromatic N) is 4. The molecule has 0 spiro atoms. The number of methoxy groups -OCH3 is 1. The van der Waals surface area contributed by atoms with E-state index >= 15 is 0 Å². The Morgan fingerprint density at radius 2 is 2.06 bits per heavy atom. The standard InChI is InChI=1S/C22H25F2N5O3S/c1-13(14-8-5-4-6-9-14)25-17(30)15-10-7-11-29(15)21-26-16-18(33-21)27-20(28(2)19(16)31)22(23,24)12-32-3/h4-6,8-9,13,15H,7,10-12H2,1-3H3,(H,25,30)/t13-,15-/m1/s1. The second-order valence-electron chi connectivity index (χ2n) is 8.08. The van der Waals surface area contributed by atoms with E-state index in [4.69, 9.17) is 0 Å². The molecule has 11 heteroatoms. The molecule has 1 N–H and O–H groups in total. The molecule has 0 unspecified atom stereocenters. The fourth-order valence-corrected chi connectivity index (χ4v) is 5.05. The molecule has 0 bridgehead atoms. The second kappa shape index (κ2) is 9.14. The first kappa shape index (κ1) is 23.2. The summed E-state index contributed by atoms with van der Waals surface area (Å²) >= 11 is 1.04. The van der Waals surface area contributed by atoms with Gasteiger partial charge in [-0.25, -0.2) is 9.97 Å². The van der Waals surface area contributed by atoms with Crippen LogP contribution >= 0.6 is 11.3 Å². The zero-order chi connectivity index (χ0) is 23.8. The zero-order valence-electron chi connectivity index (χ0n) is 18.5. The Bertz CT molecular complexity index is 1210. The summed E-state index contributed by atoms with van der Waals surface area (Å²) in [5.74, 6) is -4.24. The van der Waals surface area contributed by atoms with Crippen LogP contribution < -0.4 is 15.8 Å². The number of aromatic nitrogens is 3. The van der Waals surface area contributed by atoms with Crippen LogP contribution in [0.5, 0.6) is 0 Å². The molecule has 1 aliphatic rings. The van der Waals surface area contributed by atoms with E-state index in [9.17, 15) is 18.4 Å². The molecule has 0 aliphatic carbocycles. The highest BCUT2D eigenvalue weighted by Crippen LogP contribution is 2.34. The van der Waals surface area contributed by atoms with Crippen LogP contribution in [0.1, 0.15) is 37.2 Å². The number of ether oxygens (including phenoxy) is 1. The molecule has 2 aromatic heterocycles. The SMILES string of the molecule is COCC(F)(F)c1nc2sc(N3CCC[C@@H]3C(=O)N[C@H](C)c3ccccc3)nc2c(=O)n1C. The number of thiazole rings is 1. The number of carbonyl (C=O) groups is 1. The van der Waals surface area contributed by atoms with Crippen molar-refractivity contribution in [2.45, 2.75) is 37.8 Å². The van der Waals surface area contributed by atoms with Crippen LogP contribution in [-0.2, 0) is 22.5 Å². The van der Waals surface area contributed by atoms with E-state index in [2.05, 4.69) is 20.0 Å². The highest BCUT2D eigenvalue weighted by atomic mass is 32.1. The van der Waals surface area contributed by atoms with E-state index in [0.717, 1.165) is 35.0 Å². The minimum Gasteiger partial charge on any atom is -0.378 e. The number of halogens is 2. The minimum atomic E-state index is -3.43. The zero-order valence-corrected chi connectivity index (χ0v) is 19.4. The van der Waals surface area contributed by atoms with Gasteiger partial charge in [-0.05, 0) is 25.3 Å². The molecule has 2 atom stereocenters. The third-order valence-corrected chi connectivity index (χ3v) is 6.73. The van der Waals surface area contributed by atoms with Crippen molar-refractivity contribution < 1.29 is 18.3 Å². The number of benzene rings is 1. The molecule has 1 aliphatic heterocycles. The van der Waals surface area contributed by atoms with E-state index < -0.39 is 30.0 Å². The summed E-state index contributed by atoms with van der Waals surface area (Å²) in [6, 6.07) is 9.01. The summed E-state index contributed by atoms with van der Waals surface area (Å²) in [4.78, 5) is 36.1. The van der Waals surface area contributed by atoms with Crippen molar-refractivity contribution in [2.24, 2.45) is 7.05 Å². The molecule has 1 fully saturated rings. The lowest BCUT2D eigenvalue weighted by molar-refractivity contribution is -0.122. The van der Waals surface area contributed by atoms with Crippen LogP contribution in [0.2, 0.25) is 0 Å². The van der Waals surface area contributed by atoms with E-state index in [1.807, 2.05) is 42.2 Å². The Morgan fingerprint density at radius 1 is 1.33 bits per heavy atom. The summed E-state index contributed by atoms with van der Waals surface area (Å²) in [7, 11) is 2.40. The van der Waals surface area contributed by atoms with Crippen LogP contribution in [0.25, 0.3) is 10.3 Å². The minimum absolute atomic E-state index is 0.0122. The lowest BCUT2D eigenvalue weighted by Gasteiger charge is -2.25. The average Bonchev–Trinajstić information content (AvgIpc) is 3.44. The van der Waals surface area contributed by atoms with Gasteiger partial charge in [0.25, 0.3) is 5.56 Å². The molecule has 1 amide bonds. The third kappa shape index (κ3) is 4.47. The maximum absolute atomic E-state index is 14.4. The topological polar surface area (TPSA) is 89.3 Å². The molecule has 0 radical (unpaired) electrons. The molecular formula is C22H25F2N5O3S. The van der Waals surface area contributed by atoms with Crippen molar-refractivity contribution in [3.63, 3.8) is 0 Å². The Labute approximate surface area is 193 Å². The maximum atomic E-state index is 14.4. The maximum Gasteiger partial charge on any atom is 0.327 e. The monoisotopic (exact) mass is 477 g/mol. The Balaban J connectivity index is 1.62. The van der Waals surface area contributed by atoms with Gasteiger partial charge in [-0.1, -0.05) is 41.7 Å². The van der Waals surface area contributed by atoms with E-state index in [0.29, 0.717) is 18.1 Å². The van der Waals surface area contributed by atoms with Gasteiger partial charge < -0.3 is 15.0 Å². The van der Waals surface area contributed by atoms with Crippen molar-refractivity contribution in [1.82, 2.24) is 19.9 Å². The summed E-state index contributed by atoms with van der Waals surface area (Å²) in [6.45, 7) is 1.60. The number of anilines is 1. The molecular weight excluding hydrogens is 452 g/mol. The predicted molar refractivity (Wildman–Crippen MR) is 122 cm³/mol. The van der Waals surface area contributed by atoms with E-state index in [1.54, 1.807) is 0 Å². The van der Waals surface area contributed by atoms with Crippen LogP contribution in [0.4, 0.5) is 13.9 Å². The van der Waals surface area contributed by atoms with Crippen molar-refractivity contribution in [3.8, 4) is 0 Å². The number of carbonyl (C=O) groups excluding carboxylic acids is 1. The summed E-state index contributed by atoms with van der Waals surface area (Å²) in [5.41, 5.74) is 0.344. The van der Waals surface area contributed by atoms with Crippen LogP contribution in [0.15, 0.2) is 35.1 Å². The molecule has 4 rings (SSSR count). The number of alkyl halides is 2. The highest BCUT2D eigenvalue weighted by molar-refractivity contribution is 7.21. The summed E-state index contributed by atoms with van der Waals surface area (Å²) in [6.07, 6.45) is 1.40. The summed E-state index contributed by atoms with van der Waals surface area (Å²) < 4.78 is 34.3. The molecule has 8 nitrogen and oxygen atoms in total. The van der Waals surface area contributed by atoms with Crippen molar-refractivity contribution in [3.05, 3.63) is 52.1 Å². The first-order chi connectivity index (χ1) is 15.7. The first-order valence-electron chi connectivity index (χ1n) is 10.6. The second-order valence-corrected chi connectivity index (χ2v) is 9.04. The number of amides is 1. The van der Waals surface area contributed by atoms with Crippen LogP contribution in [0, 0.1) is 0 Å². The lowest BCUT2D eigenvalue weighted by atomic mass is 10.1. The molecule has 3 heterocycles. The van der Waals surface area contributed by atoms with Gasteiger partial charge in [0, 0.05) is 20.7 Å². The number of hydrogen-bond acceptors (Lipinski definition) is 7. The molecule has 0 saturated carbocycles. The molecule has 176 valence electrons. The molecule has 3 aromatic rings. The quantitative estimate of drug-likeness (QED) is 0.563. The Hall–Kier alpha value is -2.92. The van der Waals surface area contributed by atoms with Gasteiger partial charge in [0.05, 0.1) is 6.04 Å². The van der Waals surface area contributed by atoms with Gasteiger partial charge >= 0.3 is 5.92 Å². The van der Waals surface area contributed by atoms with Gasteiger partial charge in [0.2, 0.25) is 5.91 Å². The van der Waals surface area contributed by atoms with Gasteiger partial charge in [0.1, 0.15) is 12.6 Å². The Morgan fingerprint density at radius 3 is 2.76 bits per heavy atom. The molecule has 1 aromatic carbocycles. The van der Waals surface area contributed by atoms with Crippen molar-refractivity contribution in [2.75, 3.05) is 25.2 Å². The van der Waals surface area contributed by atoms with Gasteiger partial charge in [-0.15, -0.1) is 0 Å². The highest BCUT2D eigenvalue weighted by Gasteiger charge is 2.38. The number of nitrogens with one attached hydrogen (secondary N) is 1. The van der Waals surface area contributed by atoms with Gasteiger partial charge in [-0.3, -0.25) is 14.2 Å². The van der Waals surface area contributed by atoms with Crippen molar-refractivity contribution in [1.29, 1.82) is 0 Å². The average molecular weight is 478 g/mol. The number of rotatable bonds is 7. The fourth-order valence-electron chi connectivity index (χ4n) is 4.04. The fraction of sp³-hybridized carbons (Fsp3) is 0.455. The normalized spacial score (nSPS) is 17.5. The number of fused-ring (bicyclic) bond motifs is 1. The largest absolute Gasteiger partial charge is 0.378 e. The van der Waals surface area contributed by atoms with Gasteiger partial charge in [-0.2, -0.15) is 8.78 Å². The summed E-state index contributed by atoms with van der Waals surface area (Å²) in [5, 5.41) is 3.46. The molecule has 1 saturated heterocycles. The van der Waals surface area contributed by atoms with Gasteiger partial charge in [0.15, 0.2) is 21.3 Å². The first-order valence-corrected chi connectivity index (χ1v) is 11.4. The molecule has 33 heavy (non-hydrogen) atoms. The predicted octanol–water partition coefficient (Wildman–Crippen LogP) is 2.97. The van der Waals surface area contributed by atoms with Crippen LogP contribution in [0.3, 0.4) is 0 Å². The Kier molecular flexibility index (Phi) is 6.44. The van der Waals surface area contributed by atoms with Crippen LogP contribution in [-0.4, -0.2) is 46.7 Å². The van der Waals surface area contributed by atoms with E-state index in [1.165, 1.54) is 7.05 Å². The van der Waals surface area contributed by atoms with E-state index in [-0.39, 0.29) is 22.3 Å².